The molecule has 0 radical (unpaired) electrons. The number of rotatable bonds is 5. The second-order valence-corrected chi connectivity index (χ2v) is 5.66. The number of methoxy groups -OCH3 is 1. The Labute approximate surface area is 129 Å². The maximum Gasteiger partial charge on any atom is 0.124 e. The Morgan fingerprint density at radius 3 is 3.18 bits per heavy atom. The molecular formula is C16H21FN4O. The first kappa shape index (κ1) is 14.8. The van der Waals surface area contributed by atoms with Crippen LogP contribution < -0.4 is 15.4 Å². The van der Waals surface area contributed by atoms with E-state index in [0.717, 1.165) is 31.0 Å². The summed E-state index contributed by atoms with van der Waals surface area (Å²) in [6.45, 7) is 4.64. The summed E-state index contributed by atoms with van der Waals surface area (Å²) in [5.74, 6) is 1.97. The molecular weight excluding hydrogens is 283 g/mol. The molecule has 2 heterocycles. The largest absolute Gasteiger partial charge is 0.496 e. The van der Waals surface area contributed by atoms with Crippen LogP contribution in [0.2, 0.25) is 0 Å². The number of hydrogen-bond acceptors (Lipinski definition) is 4. The molecule has 0 amide bonds. The molecule has 0 saturated carbocycles. The molecule has 5 nitrogen and oxygen atoms in total. The lowest BCUT2D eigenvalue weighted by Gasteiger charge is -2.27. The van der Waals surface area contributed by atoms with Gasteiger partial charge in [-0.3, -0.25) is 0 Å². The molecule has 0 saturated heterocycles. The van der Waals surface area contributed by atoms with Crippen molar-refractivity contribution in [3.63, 3.8) is 0 Å². The van der Waals surface area contributed by atoms with Crippen LogP contribution in [0.5, 0.6) is 5.75 Å². The van der Waals surface area contributed by atoms with Crippen molar-refractivity contribution in [2.24, 2.45) is 5.92 Å². The predicted molar refractivity (Wildman–Crippen MR) is 83.6 cm³/mol. The van der Waals surface area contributed by atoms with Crippen LogP contribution in [0.3, 0.4) is 0 Å². The van der Waals surface area contributed by atoms with Crippen LogP contribution in [0, 0.1) is 11.7 Å². The standard InChI is InChI=1S/C16H21FN4O/c1-11(14-7-13(17)3-4-15(14)22-2)18-8-12-9-19-16-5-6-20-21(16)10-12/h3-7,11-12,18-19H,8-10H2,1-2H3/t11-,12+/m0/s1. The summed E-state index contributed by atoms with van der Waals surface area (Å²) in [7, 11) is 1.60. The number of ether oxygens (including phenoxy) is 1. The zero-order valence-corrected chi connectivity index (χ0v) is 12.8. The predicted octanol–water partition coefficient (Wildman–Crippen LogP) is 2.42. The van der Waals surface area contributed by atoms with Gasteiger partial charge in [0.05, 0.1) is 13.3 Å². The Bertz CT molecular complexity index is 643. The fourth-order valence-electron chi connectivity index (χ4n) is 2.82. The second kappa shape index (κ2) is 6.36. The highest BCUT2D eigenvalue weighted by Gasteiger charge is 2.20. The van der Waals surface area contributed by atoms with Crippen LogP contribution in [0.15, 0.2) is 30.5 Å². The lowest BCUT2D eigenvalue weighted by atomic mass is 10.0. The molecule has 0 bridgehead atoms. The van der Waals surface area contributed by atoms with Gasteiger partial charge in [-0.25, -0.2) is 9.07 Å². The summed E-state index contributed by atoms with van der Waals surface area (Å²) >= 11 is 0. The molecule has 1 aliphatic heterocycles. The van der Waals surface area contributed by atoms with E-state index in [2.05, 4.69) is 15.7 Å². The van der Waals surface area contributed by atoms with Crippen molar-refractivity contribution in [2.45, 2.75) is 19.5 Å². The van der Waals surface area contributed by atoms with E-state index in [1.807, 2.05) is 17.7 Å². The summed E-state index contributed by atoms with van der Waals surface area (Å²) < 4.78 is 20.8. The molecule has 0 spiro atoms. The van der Waals surface area contributed by atoms with E-state index >= 15 is 0 Å². The highest BCUT2D eigenvalue weighted by Crippen LogP contribution is 2.26. The first-order chi connectivity index (χ1) is 10.7. The topological polar surface area (TPSA) is 51.1 Å². The third-order valence-corrected chi connectivity index (χ3v) is 4.09. The second-order valence-electron chi connectivity index (χ2n) is 5.66. The van der Waals surface area contributed by atoms with Crippen LogP contribution in [0.1, 0.15) is 18.5 Å². The van der Waals surface area contributed by atoms with Crippen LogP contribution in [0.4, 0.5) is 10.2 Å². The third kappa shape index (κ3) is 3.06. The SMILES string of the molecule is COc1ccc(F)cc1[C@H](C)NC[C@@H]1CNc2ccnn2C1. The summed E-state index contributed by atoms with van der Waals surface area (Å²) in [5.41, 5.74) is 0.839. The molecule has 2 atom stereocenters. The van der Waals surface area contributed by atoms with Crippen molar-refractivity contribution >= 4 is 5.82 Å². The van der Waals surface area contributed by atoms with Gasteiger partial charge >= 0.3 is 0 Å². The Morgan fingerprint density at radius 1 is 1.50 bits per heavy atom. The molecule has 1 aromatic carbocycles. The van der Waals surface area contributed by atoms with Gasteiger partial charge in [-0.15, -0.1) is 0 Å². The first-order valence-corrected chi connectivity index (χ1v) is 7.50. The van der Waals surface area contributed by atoms with Crippen molar-refractivity contribution in [3.8, 4) is 5.75 Å². The van der Waals surface area contributed by atoms with E-state index in [0.29, 0.717) is 11.7 Å². The Hall–Kier alpha value is -2.08. The highest BCUT2D eigenvalue weighted by atomic mass is 19.1. The molecule has 0 unspecified atom stereocenters. The van der Waals surface area contributed by atoms with E-state index in [4.69, 9.17) is 4.74 Å². The zero-order valence-electron chi connectivity index (χ0n) is 12.8. The molecule has 2 N–H and O–H groups in total. The normalized spacial score (nSPS) is 18.4. The lowest BCUT2D eigenvalue weighted by molar-refractivity contribution is 0.366. The zero-order chi connectivity index (χ0) is 15.5. The molecule has 3 rings (SSSR count). The molecule has 1 aromatic heterocycles. The quantitative estimate of drug-likeness (QED) is 0.891. The number of anilines is 1. The van der Waals surface area contributed by atoms with Crippen molar-refractivity contribution < 1.29 is 9.13 Å². The van der Waals surface area contributed by atoms with Crippen LogP contribution in [-0.2, 0) is 6.54 Å². The fraction of sp³-hybridized carbons (Fsp3) is 0.438. The smallest absolute Gasteiger partial charge is 0.124 e. The van der Waals surface area contributed by atoms with Gasteiger partial charge in [0.1, 0.15) is 17.4 Å². The fourth-order valence-corrected chi connectivity index (χ4v) is 2.82. The van der Waals surface area contributed by atoms with E-state index in [1.54, 1.807) is 19.4 Å². The van der Waals surface area contributed by atoms with Gasteiger partial charge in [0.2, 0.25) is 0 Å². The molecule has 22 heavy (non-hydrogen) atoms. The monoisotopic (exact) mass is 304 g/mol. The van der Waals surface area contributed by atoms with Crippen LogP contribution in [0.25, 0.3) is 0 Å². The number of aromatic nitrogens is 2. The van der Waals surface area contributed by atoms with Crippen LogP contribution >= 0.6 is 0 Å². The van der Waals surface area contributed by atoms with Gasteiger partial charge in [0, 0.05) is 43.2 Å². The highest BCUT2D eigenvalue weighted by molar-refractivity contribution is 5.37. The van der Waals surface area contributed by atoms with Crippen molar-refractivity contribution in [1.82, 2.24) is 15.1 Å². The van der Waals surface area contributed by atoms with Gasteiger partial charge < -0.3 is 15.4 Å². The molecule has 1 aliphatic rings. The minimum Gasteiger partial charge on any atom is -0.496 e. The van der Waals surface area contributed by atoms with Gasteiger partial charge in [-0.05, 0) is 25.1 Å². The van der Waals surface area contributed by atoms with Gasteiger partial charge in [0.25, 0.3) is 0 Å². The van der Waals surface area contributed by atoms with Crippen molar-refractivity contribution in [1.29, 1.82) is 0 Å². The minimum absolute atomic E-state index is 0.0182. The Kier molecular flexibility index (Phi) is 4.29. The Balaban J connectivity index is 1.61. The van der Waals surface area contributed by atoms with Crippen molar-refractivity contribution in [2.75, 3.05) is 25.5 Å². The van der Waals surface area contributed by atoms with Gasteiger partial charge in [-0.2, -0.15) is 5.10 Å². The van der Waals surface area contributed by atoms with Gasteiger partial charge in [0.15, 0.2) is 0 Å². The number of fused-ring (bicyclic) bond motifs is 1. The first-order valence-electron chi connectivity index (χ1n) is 7.50. The number of halogens is 1. The number of hydrogen-bond donors (Lipinski definition) is 2. The average Bonchev–Trinajstić information content (AvgIpc) is 3.00. The number of benzene rings is 1. The molecule has 118 valence electrons. The molecule has 6 heteroatoms. The van der Waals surface area contributed by atoms with Gasteiger partial charge in [-0.1, -0.05) is 0 Å². The third-order valence-electron chi connectivity index (χ3n) is 4.09. The van der Waals surface area contributed by atoms with E-state index < -0.39 is 0 Å². The summed E-state index contributed by atoms with van der Waals surface area (Å²) in [5, 5.41) is 11.1. The van der Waals surface area contributed by atoms with Crippen molar-refractivity contribution in [3.05, 3.63) is 41.8 Å². The minimum atomic E-state index is -0.245. The van der Waals surface area contributed by atoms with E-state index in [1.165, 1.54) is 12.1 Å². The van der Waals surface area contributed by atoms with E-state index in [9.17, 15) is 4.39 Å². The maximum absolute atomic E-state index is 13.5. The number of nitrogens with one attached hydrogen (secondary N) is 2. The molecule has 0 fully saturated rings. The summed E-state index contributed by atoms with van der Waals surface area (Å²) in [6, 6.07) is 6.61. The summed E-state index contributed by atoms with van der Waals surface area (Å²) in [4.78, 5) is 0. The van der Waals surface area contributed by atoms with Crippen LogP contribution in [-0.4, -0.2) is 30.0 Å². The number of nitrogens with zero attached hydrogens (tertiary/aromatic N) is 2. The average molecular weight is 304 g/mol. The lowest BCUT2D eigenvalue weighted by Crippen LogP contribution is -2.36. The van der Waals surface area contributed by atoms with E-state index in [-0.39, 0.29) is 11.9 Å². The maximum atomic E-state index is 13.5. The molecule has 2 aromatic rings. The summed E-state index contributed by atoms with van der Waals surface area (Å²) in [6.07, 6.45) is 1.80. The molecule has 0 aliphatic carbocycles. The Morgan fingerprint density at radius 2 is 2.36 bits per heavy atom.